The van der Waals surface area contributed by atoms with Gasteiger partial charge in [0.25, 0.3) is 0 Å². The molecule has 0 saturated carbocycles. The van der Waals surface area contributed by atoms with Crippen molar-refractivity contribution in [2.75, 3.05) is 45.2 Å². The minimum atomic E-state index is -4.49. The first-order valence-corrected chi connectivity index (χ1v) is 8.49. The number of guanidine groups is 1. The topological polar surface area (TPSA) is 83.5 Å². The van der Waals surface area contributed by atoms with Crippen LogP contribution in [0.25, 0.3) is 0 Å². The predicted octanol–water partition coefficient (Wildman–Crippen LogP) is 2.75. The van der Waals surface area contributed by atoms with Crippen LogP contribution in [0.5, 0.6) is 0 Å². The fraction of sp³-hybridized carbons (Fsp3) is 0.688. The van der Waals surface area contributed by atoms with Crippen LogP contribution >= 0.6 is 24.0 Å². The van der Waals surface area contributed by atoms with Crippen molar-refractivity contribution in [1.29, 1.82) is 0 Å². The second kappa shape index (κ2) is 13.7. The highest BCUT2D eigenvalue weighted by molar-refractivity contribution is 14.0. The largest absolute Gasteiger partial charge is 0.433 e. The fourth-order valence-corrected chi connectivity index (χ4v) is 1.84. The van der Waals surface area contributed by atoms with E-state index in [2.05, 4.69) is 44.8 Å². The molecular formula is C16H28F3IN6O. The summed E-state index contributed by atoms with van der Waals surface area (Å²) >= 11 is 0. The molecule has 7 nitrogen and oxygen atoms in total. The van der Waals surface area contributed by atoms with Crippen LogP contribution in [-0.2, 0) is 10.9 Å². The van der Waals surface area contributed by atoms with Gasteiger partial charge in [0.15, 0.2) is 5.96 Å². The second-order valence-electron chi connectivity index (χ2n) is 5.91. The summed E-state index contributed by atoms with van der Waals surface area (Å²) in [7, 11) is 1.64. The van der Waals surface area contributed by atoms with E-state index in [0.717, 1.165) is 25.3 Å². The number of halogens is 4. The van der Waals surface area contributed by atoms with E-state index in [0.29, 0.717) is 38.1 Å². The van der Waals surface area contributed by atoms with Gasteiger partial charge in [-0.2, -0.15) is 13.2 Å². The van der Waals surface area contributed by atoms with Crippen LogP contribution in [0.15, 0.2) is 17.3 Å². The lowest BCUT2D eigenvalue weighted by atomic mass is 10.1. The van der Waals surface area contributed by atoms with Crippen molar-refractivity contribution in [3.05, 3.63) is 18.0 Å². The molecule has 1 rings (SSSR count). The molecule has 1 aromatic heterocycles. The van der Waals surface area contributed by atoms with Crippen LogP contribution in [0.1, 0.15) is 26.0 Å². The van der Waals surface area contributed by atoms with Crippen molar-refractivity contribution in [3.63, 3.8) is 0 Å². The first-order chi connectivity index (χ1) is 12.3. The van der Waals surface area contributed by atoms with Crippen molar-refractivity contribution in [3.8, 4) is 0 Å². The normalized spacial score (nSPS) is 11.9. The minimum absolute atomic E-state index is 0. The molecule has 0 bridgehead atoms. The highest BCUT2D eigenvalue weighted by Gasteiger charge is 2.32. The van der Waals surface area contributed by atoms with Gasteiger partial charge in [0.05, 0.1) is 6.61 Å². The molecule has 0 amide bonds. The van der Waals surface area contributed by atoms with E-state index in [1.165, 1.54) is 0 Å². The highest BCUT2D eigenvalue weighted by Crippen LogP contribution is 2.27. The van der Waals surface area contributed by atoms with Gasteiger partial charge in [-0.25, -0.2) is 9.97 Å². The first kappa shape index (κ1) is 25.6. The number of hydrogen-bond donors (Lipinski definition) is 3. The van der Waals surface area contributed by atoms with Gasteiger partial charge in [0.2, 0.25) is 5.95 Å². The molecule has 0 spiro atoms. The Morgan fingerprint density at radius 3 is 2.52 bits per heavy atom. The molecule has 0 fully saturated rings. The van der Waals surface area contributed by atoms with E-state index in [1.807, 2.05) is 0 Å². The molecule has 0 atom stereocenters. The number of nitrogens with zero attached hydrogens (tertiary/aromatic N) is 3. The van der Waals surface area contributed by atoms with Crippen molar-refractivity contribution >= 4 is 35.9 Å². The molecule has 1 aromatic rings. The molecule has 0 aliphatic heterocycles. The Hall–Kier alpha value is -1.37. The molecular weight excluding hydrogens is 476 g/mol. The van der Waals surface area contributed by atoms with Gasteiger partial charge in [0.1, 0.15) is 5.69 Å². The van der Waals surface area contributed by atoms with E-state index >= 15 is 0 Å². The van der Waals surface area contributed by atoms with Crippen LogP contribution in [0, 0.1) is 5.92 Å². The zero-order valence-corrected chi connectivity index (χ0v) is 18.1. The number of aromatic nitrogens is 2. The Kier molecular flexibility index (Phi) is 13.0. The number of nitrogens with one attached hydrogen (secondary N) is 3. The molecule has 3 N–H and O–H groups in total. The third-order valence-corrected chi connectivity index (χ3v) is 3.25. The molecule has 0 unspecified atom stereocenters. The third kappa shape index (κ3) is 11.8. The van der Waals surface area contributed by atoms with Gasteiger partial charge < -0.3 is 20.7 Å². The number of hydrogen-bond acceptors (Lipinski definition) is 5. The van der Waals surface area contributed by atoms with Gasteiger partial charge >= 0.3 is 6.18 Å². The van der Waals surface area contributed by atoms with Gasteiger partial charge in [-0.3, -0.25) is 4.99 Å². The first-order valence-electron chi connectivity index (χ1n) is 8.49. The van der Waals surface area contributed by atoms with Crippen LogP contribution in [0.2, 0.25) is 0 Å². The SMILES string of the molecule is CN=C(NCCNc1nccc(C(F)(F)F)n1)NCCOCCC(C)C.I. The third-order valence-electron chi connectivity index (χ3n) is 3.25. The molecule has 0 saturated heterocycles. The second-order valence-corrected chi connectivity index (χ2v) is 5.91. The number of ether oxygens (including phenoxy) is 1. The summed E-state index contributed by atoms with van der Waals surface area (Å²) in [6.45, 7) is 6.98. The van der Waals surface area contributed by atoms with Crippen molar-refractivity contribution in [2.24, 2.45) is 10.9 Å². The zero-order chi connectivity index (χ0) is 19.4. The van der Waals surface area contributed by atoms with E-state index in [4.69, 9.17) is 4.74 Å². The monoisotopic (exact) mass is 504 g/mol. The summed E-state index contributed by atoms with van der Waals surface area (Å²) in [5.74, 6) is 1.14. The standard InChI is InChI=1S/C16H27F3N6O.HI/c1-12(2)5-10-26-11-9-24-14(20-3)22-7-8-23-15-21-6-4-13(25-15)16(17,18)19;/h4,6,12H,5,7-11H2,1-3H3,(H2,20,22,24)(H,21,23,25);1H. The van der Waals surface area contributed by atoms with Crippen LogP contribution in [-0.4, -0.2) is 55.8 Å². The number of rotatable bonds is 10. The fourth-order valence-electron chi connectivity index (χ4n) is 1.84. The molecule has 11 heteroatoms. The van der Waals surface area contributed by atoms with Crippen molar-refractivity contribution in [2.45, 2.75) is 26.4 Å². The van der Waals surface area contributed by atoms with Crippen molar-refractivity contribution in [1.82, 2.24) is 20.6 Å². The lowest BCUT2D eigenvalue weighted by Gasteiger charge is -2.13. The average molecular weight is 504 g/mol. The van der Waals surface area contributed by atoms with Crippen molar-refractivity contribution < 1.29 is 17.9 Å². The van der Waals surface area contributed by atoms with Gasteiger partial charge in [-0.1, -0.05) is 13.8 Å². The Morgan fingerprint density at radius 1 is 1.19 bits per heavy atom. The van der Waals surface area contributed by atoms with Gasteiger partial charge in [-0.15, -0.1) is 24.0 Å². The summed E-state index contributed by atoms with van der Waals surface area (Å²) in [5, 5.41) is 8.87. The van der Waals surface area contributed by atoms with Gasteiger partial charge in [0, 0.05) is 39.5 Å². The molecule has 1 heterocycles. The molecule has 0 aromatic carbocycles. The molecule has 27 heavy (non-hydrogen) atoms. The lowest BCUT2D eigenvalue weighted by molar-refractivity contribution is -0.141. The Labute approximate surface area is 175 Å². The highest BCUT2D eigenvalue weighted by atomic mass is 127. The van der Waals surface area contributed by atoms with Gasteiger partial charge in [-0.05, 0) is 18.4 Å². The minimum Gasteiger partial charge on any atom is -0.380 e. The quantitative estimate of drug-likeness (QED) is 0.197. The van der Waals surface area contributed by atoms with Crippen LogP contribution in [0.3, 0.4) is 0 Å². The van der Waals surface area contributed by atoms with Crippen LogP contribution in [0.4, 0.5) is 19.1 Å². The lowest BCUT2D eigenvalue weighted by Crippen LogP contribution is -2.41. The molecule has 156 valence electrons. The predicted molar refractivity (Wildman–Crippen MR) is 111 cm³/mol. The number of aliphatic imine (C=N–C) groups is 1. The maximum absolute atomic E-state index is 12.6. The Bertz CT molecular complexity index is 557. The molecule has 0 aliphatic rings. The van der Waals surface area contributed by atoms with E-state index in [-0.39, 0.29) is 29.9 Å². The van der Waals surface area contributed by atoms with E-state index < -0.39 is 11.9 Å². The van der Waals surface area contributed by atoms with E-state index in [9.17, 15) is 13.2 Å². The summed E-state index contributed by atoms with van der Waals surface area (Å²) in [5.41, 5.74) is -0.974. The average Bonchev–Trinajstić information content (AvgIpc) is 2.59. The Balaban J connectivity index is 0.00000676. The smallest absolute Gasteiger partial charge is 0.380 e. The molecule has 0 aliphatic carbocycles. The van der Waals surface area contributed by atoms with Crippen LogP contribution < -0.4 is 16.0 Å². The maximum atomic E-state index is 12.6. The zero-order valence-electron chi connectivity index (χ0n) is 15.8. The summed E-state index contributed by atoms with van der Waals surface area (Å²) in [6.07, 6.45) is -2.39. The Morgan fingerprint density at radius 2 is 1.89 bits per heavy atom. The molecule has 0 radical (unpaired) electrons. The summed E-state index contributed by atoms with van der Waals surface area (Å²) in [6, 6.07) is 0.832. The maximum Gasteiger partial charge on any atom is 0.433 e. The number of anilines is 1. The summed E-state index contributed by atoms with van der Waals surface area (Å²) < 4.78 is 43.2. The van der Waals surface area contributed by atoms with E-state index in [1.54, 1.807) is 7.05 Å². The summed E-state index contributed by atoms with van der Waals surface area (Å²) in [4.78, 5) is 11.3. The number of alkyl halides is 3.